The summed E-state index contributed by atoms with van der Waals surface area (Å²) in [5.74, 6) is 0.565. The molecule has 1 aromatic rings. The van der Waals surface area contributed by atoms with Crippen LogP contribution in [0.1, 0.15) is 5.56 Å². The van der Waals surface area contributed by atoms with Gasteiger partial charge >= 0.3 is 7.12 Å². The van der Waals surface area contributed by atoms with E-state index in [9.17, 15) is 0 Å². The van der Waals surface area contributed by atoms with Crippen LogP contribution < -0.4 is 11.2 Å². The first-order valence-corrected chi connectivity index (χ1v) is 5.00. The van der Waals surface area contributed by atoms with E-state index in [-0.39, 0.29) is 22.1 Å². The van der Waals surface area contributed by atoms with Crippen molar-refractivity contribution < 1.29 is 10.0 Å². The molecular formula is C8H12BBrN2O2S. The van der Waals surface area contributed by atoms with Gasteiger partial charge in [0, 0.05) is 5.75 Å². The zero-order valence-electron chi connectivity index (χ0n) is 7.88. The normalized spacial score (nSPS) is 9.20. The molecule has 15 heavy (non-hydrogen) atoms. The number of hydrogen-bond donors (Lipinski definition) is 4. The van der Waals surface area contributed by atoms with Crippen LogP contribution in [0.15, 0.2) is 24.3 Å². The number of thioether (sulfide) groups is 1. The fraction of sp³-hybridized carbons (Fsp3) is 0.125. The van der Waals surface area contributed by atoms with Crippen LogP contribution in [0.25, 0.3) is 0 Å². The molecular weight excluding hydrogens is 279 g/mol. The van der Waals surface area contributed by atoms with Gasteiger partial charge in [-0.05, 0) is 11.0 Å². The van der Waals surface area contributed by atoms with Crippen molar-refractivity contribution >= 4 is 46.5 Å². The van der Waals surface area contributed by atoms with Gasteiger partial charge in [0.2, 0.25) is 0 Å². The summed E-state index contributed by atoms with van der Waals surface area (Å²) in [5.41, 5.74) is 6.55. The van der Waals surface area contributed by atoms with Crippen LogP contribution in [0.5, 0.6) is 0 Å². The molecule has 0 aliphatic heterocycles. The SMILES string of the molecule is Br.N=C(N)SCc1cccc(B(O)O)c1. The zero-order valence-corrected chi connectivity index (χ0v) is 10.4. The Bertz CT molecular complexity index is 338. The Morgan fingerprint density at radius 3 is 2.67 bits per heavy atom. The summed E-state index contributed by atoms with van der Waals surface area (Å²) in [6, 6.07) is 6.90. The van der Waals surface area contributed by atoms with Crippen molar-refractivity contribution in [3.63, 3.8) is 0 Å². The van der Waals surface area contributed by atoms with Gasteiger partial charge in [-0.2, -0.15) is 0 Å². The molecule has 0 bridgehead atoms. The molecule has 0 aromatic heterocycles. The lowest BCUT2D eigenvalue weighted by molar-refractivity contribution is 0.425. The van der Waals surface area contributed by atoms with Crippen LogP contribution in [0.3, 0.4) is 0 Å². The van der Waals surface area contributed by atoms with Crippen LogP contribution in [0.4, 0.5) is 0 Å². The Kier molecular flexibility index (Phi) is 6.66. The molecule has 0 aliphatic carbocycles. The number of nitrogens with two attached hydrogens (primary N) is 1. The molecule has 0 atom stereocenters. The molecule has 0 heterocycles. The average molecular weight is 291 g/mol. The average Bonchev–Trinajstić information content (AvgIpc) is 2.15. The molecule has 1 rings (SSSR count). The Hall–Kier alpha value is -0.495. The number of benzene rings is 1. The number of amidine groups is 1. The molecule has 0 amide bonds. The maximum absolute atomic E-state index is 8.91. The summed E-state index contributed by atoms with van der Waals surface area (Å²) in [5, 5.41) is 24.9. The third-order valence-corrected chi connectivity index (χ3v) is 2.43. The van der Waals surface area contributed by atoms with Gasteiger partial charge in [0.25, 0.3) is 0 Å². The van der Waals surface area contributed by atoms with E-state index in [0.29, 0.717) is 11.2 Å². The number of rotatable bonds is 3. The molecule has 1 aromatic carbocycles. The van der Waals surface area contributed by atoms with Gasteiger partial charge in [0.15, 0.2) is 5.17 Å². The molecule has 0 saturated heterocycles. The van der Waals surface area contributed by atoms with E-state index >= 15 is 0 Å². The summed E-state index contributed by atoms with van der Waals surface area (Å²) >= 11 is 1.20. The monoisotopic (exact) mass is 290 g/mol. The van der Waals surface area contributed by atoms with Crippen LogP contribution >= 0.6 is 28.7 Å². The number of halogens is 1. The van der Waals surface area contributed by atoms with Gasteiger partial charge in [0.05, 0.1) is 0 Å². The third kappa shape index (κ3) is 5.22. The van der Waals surface area contributed by atoms with Crippen molar-refractivity contribution in [3.8, 4) is 0 Å². The van der Waals surface area contributed by atoms with Crippen LogP contribution in [-0.4, -0.2) is 22.3 Å². The lowest BCUT2D eigenvalue weighted by Gasteiger charge is -2.03. The van der Waals surface area contributed by atoms with E-state index in [1.165, 1.54) is 11.8 Å². The van der Waals surface area contributed by atoms with Gasteiger partial charge in [-0.25, -0.2) is 0 Å². The topological polar surface area (TPSA) is 90.3 Å². The fourth-order valence-corrected chi connectivity index (χ4v) is 1.51. The molecule has 4 nitrogen and oxygen atoms in total. The second-order valence-electron chi connectivity index (χ2n) is 2.77. The maximum atomic E-state index is 8.91. The molecule has 0 spiro atoms. The van der Waals surface area contributed by atoms with E-state index in [4.69, 9.17) is 21.2 Å². The molecule has 0 unspecified atom stereocenters. The first-order chi connectivity index (χ1) is 6.59. The zero-order chi connectivity index (χ0) is 10.6. The Morgan fingerprint density at radius 1 is 1.47 bits per heavy atom. The Balaban J connectivity index is 0.00000196. The number of nitrogens with one attached hydrogen (secondary N) is 1. The largest absolute Gasteiger partial charge is 0.488 e. The first kappa shape index (κ1) is 14.5. The first-order valence-electron chi connectivity index (χ1n) is 4.01. The van der Waals surface area contributed by atoms with Crippen molar-refractivity contribution in [1.29, 1.82) is 5.41 Å². The molecule has 0 radical (unpaired) electrons. The Labute approximate surface area is 103 Å². The number of hydrogen-bond acceptors (Lipinski definition) is 4. The van der Waals surface area contributed by atoms with Crippen molar-refractivity contribution in [2.24, 2.45) is 5.73 Å². The van der Waals surface area contributed by atoms with Gasteiger partial charge in [-0.3, -0.25) is 5.41 Å². The minimum Gasteiger partial charge on any atom is -0.423 e. The second kappa shape index (κ2) is 6.89. The molecule has 7 heteroatoms. The summed E-state index contributed by atoms with van der Waals surface area (Å²) in [6.07, 6.45) is 0. The van der Waals surface area contributed by atoms with E-state index in [2.05, 4.69) is 0 Å². The standard InChI is InChI=1S/C8H11BN2O2S.BrH/c10-8(11)14-5-6-2-1-3-7(4-6)9(12)13;/h1-4,12-13H,5H2,(H3,10,11);1H. The van der Waals surface area contributed by atoms with Crippen LogP contribution in [0.2, 0.25) is 0 Å². The fourth-order valence-electron chi connectivity index (χ4n) is 1.00. The summed E-state index contributed by atoms with van der Waals surface area (Å²) in [6.45, 7) is 0. The van der Waals surface area contributed by atoms with Gasteiger partial charge < -0.3 is 15.8 Å². The molecule has 82 valence electrons. The predicted molar refractivity (Wildman–Crippen MR) is 69.8 cm³/mol. The highest BCUT2D eigenvalue weighted by Gasteiger charge is 2.10. The van der Waals surface area contributed by atoms with Crippen LogP contribution in [0, 0.1) is 5.41 Å². The van der Waals surface area contributed by atoms with Crippen molar-refractivity contribution in [3.05, 3.63) is 29.8 Å². The molecule has 0 aliphatic rings. The quantitative estimate of drug-likeness (QED) is 0.360. The molecule has 5 N–H and O–H groups in total. The molecule has 0 fully saturated rings. The predicted octanol–water partition coefficient (Wildman–Crippen LogP) is 0.0710. The van der Waals surface area contributed by atoms with E-state index in [0.717, 1.165) is 5.56 Å². The van der Waals surface area contributed by atoms with Crippen molar-refractivity contribution in [2.45, 2.75) is 5.75 Å². The van der Waals surface area contributed by atoms with E-state index < -0.39 is 7.12 Å². The van der Waals surface area contributed by atoms with E-state index in [1.807, 2.05) is 6.07 Å². The molecule has 0 saturated carbocycles. The summed E-state index contributed by atoms with van der Waals surface area (Å²) in [4.78, 5) is 0. The highest BCUT2D eigenvalue weighted by molar-refractivity contribution is 8.93. The highest BCUT2D eigenvalue weighted by Crippen LogP contribution is 2.09. The van der Waals surface area contributed by atoms with Crippen molar-refractivity contribution in [2.75, 3.05) is 0 Å². The minimum absolute atomic E-state index is 0. The highest BCUT2D eigenvalue weighted by atomic mass is 79.9. The van der Waals surface area contributed by atoms with Gasteiger partial charge in [-0.15, -0.1) is 17.0 Å². The van der Waals surface area contributed by atoms with Crippen molar-refractivity contribution in [1.82, 2.24) is 0 Å². The summed E-state index contributed by atoms with van der Waals surface area (Å²) < 4.78 is 0. The Morgan fingerprint density at radius 2 is 2.13 bits per heavy atom. The van der Waals surface area contributed by atoms with Gasteiger partial charge in [-0.1, -0.05) is 36.0 Å². The van der Waals surface area contributed by atoms with Crippen LogP contribution in [-0.2, 0) is 5.75 Å². The van der Waals surface area contributed by atoms with E-state index in [1.54, 1.807) is 18.2 Å². The smallest absolute Gasteiger partial charge is 0.423 e. The maximum Gasteiger partial charge on any atom is 0.488 e. The lowest BCUT2D eigenvalue weighted by Crippen LogP contribution is -2.29. The minimum atomic E-state index is -1.45. The third-order valence-electron chi connectivity index (χ3n) is 1.64. The second-order valence-corrected chi connectivity index (χ2v) is 3.79. The lowest BCUT2D eigenvalue weighted by atomic mass is 9.80. The summed E-state index contributed by atoms with van der Waals surface area (Å²) in [7, 11) is -1.45. The van der Waals surface area contributed by atoms with Gasteiger partial charge in [0.1, 0.15) is 0 Å².